The van der Waals surface area contributed by atoms with E-state index in [1.54, 1.807) is 0 Å². The number of phenols is 1. The number of pyridine rings is 1. The first-order valence-electron chi connectivity index (χ1n) is 25.9. The van der Waals surface area contributed by atoms with Gasteiger partial charge in [0.15, 0.2) is 0 Å². The lowest BCUT2D eigenvalue weighted by Crippen LogP contribution is -2.05. The molecule has 2 heterocycles. The molecule has 0 spiro atoms. The minimum absolute atomic E-state index is 0.0592. The van der Waals surface area contributed by atoms with Crippen LogP contribution in [0.3, 0.4) is 0 Å². The van der Waals surface area contributed by atoms with Gasteiger partial charge in [0.25, 0.3) is 0 Å². The Bertz CT molecular complexity index is 3800. The van der Waals surface area contributed by atoms with Gasteiger partial charge in [-0.1, -0.05) is 205 Å². The van der Waals surface area contributed by atoms with Gasteiger partial charge >= 0.3 is 0 Å². The fourth-order valence-electron chi connectivity index (χ4n) is 10.3. The smallest absolute Gasteiger partial charge is 0.149 e. The van der Waals surface area contributed by atoms with E-state index in [1.807, 2.05) is 38.2 Å². The maximum absolute atomic E-state index is 12.6. The Morgan fingerprint density at radius 3 is 1.56 bits per heavy atom. The Morgan fingerprint density at radius 2 is 0.959 bits per heavy atom. The fourth-order valence-corrected chi connectivity index (χ4v) is 10.3. The van der Waals surface area contributed by atoms with Gasteiger partial charge in [0.1, 0.15) is 11.6 Å². The number of rotatable bonds is 12. The van der Waals surface area contributed by atoms with Gasteiger partial charge in [0.2, 0.25) is 0 Å². The lowest BCUT2D eigenvalue weighted by molar-refractivity contribution is 0.466. The first-order valence-corrected chi connectivity index (χ1v) is 25.4. The predicted molar refractivity (Wildman–Crippen MR) is 306 cm³/mol. The van der Waals surface area contributed by atoms with Gasteiger partial charge in [-0.2, -0.15) is 0 Å². The van der Waals surface area contributed by atoms with Crippen LogP contribution in [0.4, 0.5) is 0 Å². The summed E-state index contributed by atoms with van der Waals surface area (Å²) in [5.74, 6) is 0.187. The highest BCUT2D eigenvalue weighted by Gasteiger charge is 2.27. The summed E-state index contributed by atoms with van der Waals surface area (Å²) in [6.45, 7) is 12.6. The summed E-state index contributed by atoms with van der Waals surface area (Å²) in [6.07, 6.45) is 1.91. The molecule has 0 saturated heterocycles. The SMILES string of the molecule is [2H]C(C)(C)c1cc(-c2ccccc2)c(-n2c(-c3cc(C(C)C)cc(C(C)C)c3O)nc3c(-c4cc(-c5ccccc5)cc(-c5cc(-c6ccc(-c7ccccc7)cc6)ccn5)c4)cccc32)cc1-c1ccccc1. The van der Waals surface area contributed by atoms with E-state index < -0.39 is 5.89 Å². The quantitative estimate of drug-likeness (QED) is 0.133. The summed E-state index contributed by atoms with van der Waals surface area (Å²) < 4.78 is 11.8. The molecule has 0 atom stereocenters. The number of imidazole rings is 1. The number of benzene rings is 9. The minimum atomic E-state index is -0.931. The summed E-state index contributed by atoms with van der Waals surface area (Å²) in [4.78, 5) is 10.8. The maximum atomic E-state index is 12.6. The second kappa shape index (κ2) is 19.9. The highest BCUT2D eigenvalue weighted by atomic mass is 16.3. The van der Waals surface area contributed by atoms with E-state index in [0.717, 1.165) is 100 Å². The van der Waals surface area contributed by atoms with Crippen LogP contribution in [-0.2, 0) is 0 Å². The molecule has 11 aromatic rings. The molecule has 356 valence electrons. The summed E-state index contributed by atoms with van der Waals surface area (Å²) in [5, 5.41) is 12.6. The molecule has 0 aliphatic heterocycles. The fraction of sp³-hybridized carbons (Fsp3) is 0.130. The molecule has 0 aliphatic rings. The molecule has 0 amide bonds. The number of hydrogen-bond acceptors (Lipinski definition) is 3. The van der Waals surface area contributed by atoms with Crippen molar-refractivity contribution in [1.82, 2.24) is 14.5 Å². The van der Waals surface area contributed by atoms with E-state index in [1.165, 1.54) is 11.1 Å². The third-order valence-corrected chi connectivity index (χ3v) is 14.2. The van der Waals surface area contributed by atoms with Gasteiger partial charge in [0, 0.05) is 24.3 Å². The number of fused-ring (bicyclic) bond motifs is 1. The monoisotopic (exact) mass is 946 g/mol. The zero-order valence-electron chi connectivity index (χ0n) is 43.3. The van der Waals surface area contributed by atoms with Crippen LogP contribution in [0.5, 0.6) is 5.75 Å². The van der Waals surface area contributed by atoms with Crippen LogP contribution >= 0.6 is 0 Å². The number of aromatic hydroxyl groups is 1. The molecular formula is C69H59N3O. The molecule has 0 aliphatic carbocycles. The molecule has 0 bridgehead atoms. The van der Waals surface area contributed by atoms with Gasteiger partial charge in [-0.25, -0.2) is 4.98 Å². The van der Waals surface area contributed by atoms with Crippen molar-refractivity contribution < 1.29 is 6.48 Å². The predicted octanol–water partition coefficient (Wildman–Crippen LogP) is 18.8. The lowest BCUT2D eigenvalue weighted by Gasteiger charge is -2.22. The van der Waals surface area contributed by atoms with Crippen LogP contribution in [0.1, 0.15) is 77.3 Å². The molecule has 0 fully saturated rings. The molecule has 4 heteroatoms. The van der Waals surface area contributed by atoms with Crippen molar-refractivity contribution in [3.8, 4) is 101 Å². The zero-order valence-corrected chi connectivity index (χ0v) is 42.3. The Kier molecular flexibility index (Phi) is 12.4. The summed E-state index contributed by atoms with van der Waals surface area (Å²) in [6, 6.07) is 76.8. The largest absolute Gasteiger partial charge is 0.507 e. The molecule has 0 unspecified atom stereocenters. The molecule has 9 aromatic carbocycles. The third-order valence-electron chi connectivity index (χ3n) is 14.2. The average molecular weight is 947 g/mol. The Hall–Kier alpha value is -8.60. The van der Waals surface area contributed by atoms with E-state index in [-0.39, 0.29) is 17.6 Å². The second-order valence-electron chi connectivity index (χ2n) is 19.9. The van der Waals surface area contributed by atoms with E-state index in [2.05, 4.69) is 232 Å². The highest BCUT2D eigenvalue weighted by molar-refractivity contribution is 5.99. The first-order chi connectivity index (χ1) is 35.9. The maximum Gasteiger partial charge on any atom is 0.149 e. The van der Waals surface area contributed by atoms with Crippen LogP contribution in [0, 0.1) is 0 Å². The van der Waals surface area contributed by atoms with Crippen LogP contribution in [0.2, 0.25) is 0 Å². The summed E-state index contributed by atoms with van der Waals surface area (Å²) in [5.41, 5.74) is 20.6. The van der Waals surface area contributed by atoms with E-state index in [9.17, 15) is 6.48 Å². The van der Waals surface area contributed by atoms with Gasteiger partial charge in [-0.05, 0) is 145 Å². The van der Waals surface area contributed by atoms with Crippen molar-refractivity contribution in [2.24, 2.45) is 0 Å². The number of aromatic nitrogens is 3. The standard InChI is InChI=1S/C69H59N3O/c1-44(2)54-39-60(46(5)6)68(73)63(40-54)69-71-67-58(28-19-29-65(67)72(69)66-43-61(51-24-15-9-16-25-51)59(45(3)4)42-62(66)52-26-17-10-18-27-52)56-36-55(48-22-13-8-14-23-48)37-57(38-56)64-41-53(34-35-70-64)50-32-30-49(31-33-50)47-20-11-7-12-21-47/h7-46,73H,1-6H3/i45D. The minimum Gasteiger partial charge on any atom is -0.507 e. The van der Waals surface area contributed by atoms with Crippen molar-refractivity contribution in [2.75, 3.05) is 0 Å². The van der Waals surface area contributed by atoms with Crippen molar-refractivity contribution >= 4 is 11.0 Å². The van der Waals surface area contributed by atoms with Gasteiger partial charge in [-0.15, -0.1) is 0 Å². The first kappa shape index (κ1) is 45.5. The van der Waals surface area contributed by atoms with Crippen LogP contribution in [0.15, 0.2) is 225 Å². The number of para-hydroxylation sites is 1. The molecule has 11 rings (SSSR count). The second-order valence-corrected chi connectivity index (χ2v) is 19.9. The molecular weight excluding hydrogens is 887 g/mol. The topological polar surface area (TPSA) is 50.9 Å². The Labute approximate surface area is 431 Å². The summed E-state index contributed by atoms with van der Waals surface area (Å²) in [7, 11) is 0. The van der Waals surface area contributed by atoms with Crippen LogP contribution in [0.25, 0.3) is 106 Å². The van der Waals surface area contributed by atoms with E-state index >= 15 is 0 Å². The van der Waals surface area contributed by atoms with Gasteiger partial charge in [0.05, 0.1) is 28.0 Å². The van der Waals surface area contributed by atoms with Crippen molar-refractivity contribution in [2.45, 2.75) is 59.3 Å². The molecule has 0 radical (unpaired) electrons. The lowest BCUT2D eigenvalue weighted by atomic mass is 9.88. The molecule has 73 heavy (non-hydrogen) atoms. The Balaban J connectivity index is 1.18. The number of phenolic OH excluding ortho intramolecular Hbond substituents is 1. The van der Waals surface area contributed by atoms with Crippen LogP contribution in [-0.4, -0.2) is 19.6 Å². The zero-order chi connectivity index (χ0) is 51.1. The average Bonchev–Trinajstić information content (AvgIpc) is 3.85. The molecule has 4 nitrogen and oxygen atoms in total. The molecule has 2 aromatic heterocycles. The Morgan fingerprint density at radius 1 is 0.411 bits per heavy atom. The van der Waals surface area contributed by atoms with Crippen molar-refractivity contribution in [1.29, 1.82) is 0 Å². The van der Waals surface area contributed by atoms with Gasteiger partial charge in [-0.3, -0.25) is 9.55 Å². The van der Waals surface area contributed by atoms with E-state index in [0.29, 0.717) is 11.4 Å². The van der Waals surface area contributed by atoms with Crippen molar-refractivity contribution in [3.05, 3.63) is 241 Å². The molecule has 0 saturated carbocycles. The van der Waals surface area contributed by atoms with E-state index in [4.69, 9.17) is 9.97 Å². The highest BCUT2D eigenvalue weighted by Crippen LogP contribution is 2.46. The van der Waals surface area contributed by atoms with Crippen LogP contribution < -0.4 is 0 Å². The normalized spacial score (nSPS) is 11.9. The molecule has 1 N–H and O–H groups in total. The number of hydrogen-bond donors (Lipinski definition) is 1. The van der Waals surface area contributed by atoms with Gasteiger partial charge < -0.3 is 5.11 Å². The summed E-state index contributed by atoms with van der Waals surface area (Å²) >= 11 is 0. The third kappa shape index (κ3) is 9.18. The van der Waals surface area contributed by atoms with Crippen molar-refractivity contribution in [3.63, 3.8) is 0 Å². The number of nitrogens with zero attached hydrogens (tertiary/aromatic N) is 3.